The number of nitrogens with one attached hydrogen (secondary N) is 1. The van der Waals surface area contributed by atoms with E-state index in [0.717, 1.165) is 17.7 Å². The maximum Gasteiger partial charge on any atom is 0.416 e. The fraction of sp³-hybridized carbons (Fsp3) is 0.238. The summed E-state index contributed by atoms with van der Waals surface area (Å²) in [5.74, 6) is -0.130. The van der Waals surface area contributed by atoms with Gasteiger partial charge in [-0.3, -0.25) is 4.79 Å². The molecule has 0 unspecified atom stereocenters. The fourth-order valence-corrected chi connectivity index (χ4v) is 3.01. The number of benzene rings is 2. The number of halogens is 3. The molecule has 0 aliphatic carbocycles. The van der Waals surface area contributed by atoms with Gasteiger partial charge in [0.2, 0.25) is 0 Å². The summed E-state index contributed by atoms with van der Waals surface area (Å²) in [7, 11) is 0. The zero-order chi connectivity index (χ0) is 20.5. The second-order valence-corrected chi connectivity index (χ2v) is 6.80. The summed E-state index contributed by atoms with van der Waals surface area (Å²) >= 11 is 0. The Labute approximate surface area is 161 Å². The smallest absolute Gasteiger partial charge is 0.322 e. The van der Waals surface area contributed by atoms with Crippen molar-refractivity contribution in [1.82, 2.24) is 9.78 Å². The average Bonchev–Trinajstić information content (AvgIpc) is 3.03. The Hall–Kier alpha value is -3.09. The van der Waals surface area contributed by atoms with Crippen molar-refractivity contribution in [2.24, 2.45) is 0 Å². The van der Waals surface area contributed by atoms with Crippen LogP contribution in [0.15, 0.2) is 54.7 Å². The lowest BCUT2D eigenvalue weighted by Crippen LogP contribution is -2.15. The molecule has 0 aliphatic rings. The van der Waals surface area contributed by atoms with Gasteiger partial charge in [0.15, 0.2) is 0 Å². The van der Waals surface area contributed by atoms with Crippen LogP contribution in [0.4, 0.5) is 18.9 Å². The molecule has 1 N–H and O–H groups in total. The number of anilines is 1. The van der Waals surface area contributed by atoms with Gasteiger partial charge in [0.1, 0.15) is 0 Å². The third-order valence-corrected chi connectivity index (χ3v) is 4.50. The first-order valence-corrected chi connectivity index (χ1v) is 8.81. The van der Waals surface area contributed by atoms with Gasteiger partial charge in [-0.25, -0.2) is 4.68 Å². The molecular weight excluding hydrogens is 367 g/mol. The van der Waals surface area contributed by atoms with Gasteiger partial charge in [0, 0.05) is 5.69 Å². The summed E-state index contributed by atoms with van der Waals surface area (Å²) in [6.45, 7) is 5.71. The van der Waals surface area contributed by atoms with E-state index in [1.807, 2.05) is 38.1 Å². The van der Waals surface area contributed by atoms with Crippen LogP contribution >= 0.6 is 0 Å². The van der Waals surface area contributed by atoms with Crippen LogP contribution in [0.5, 0.6) is 0 Å². The van der Waals surface area contributed by atoms with Crippen LogP contribution in [0.25, 0.3) is 5.69 Å². The number of rotatable bonds is 4. The van der Waals surface area contributed by atoms with Gasteiger partial charge in [-0.05, 0) is 42.7 Å². The van der Waals surface area contributed by atoms with Crippen LogP contribution in [0.3, 0.4) is 0 Å². The standard InChI is InChI=1S/C21H20F3N3O/c1-13(2)17-9-4-5-10-19(17)26-20(28)18-12-25-27(14(18)3)16-8-6-7-15(11-16)21(22,23)24/h4-13H,1-3H3,(H,26,28). The number of nitrogens with zero attached hydrogens (tertiary/aromatic N) is 2. The molecule has 0 fully saturated rings. The molecule has 2 aromatic carbocycles. The average molecular weight is 387 g/mol. The number of alkyl halides is 3. The Kier molecular flexibility index (Phi) is 5.27. The number of hydrogen-bond acceptors (Lipinski definition) is 2. The highest BCUT2D eigenvalue weighted by Gasteiger charge is 2.30. The van der Waals surface area contributed by atoms with Crippen molar-refractivity contribution in [3.05, 3.63) is 77.1 Å². The minimum Gasteiger partial charge on any atom is -0.322 e. The third kappa shape index (κ3) is 3.93. The topological polar surface area (TPSA) is 46.9 Å². The van der Waals surface area contributed by atoms with Crippen LogP contribution in [0.2, 0.25) is 0 Å². The Morgan fingerprint density at radius 2 is 1.82 bits per heavy atom. The van der Waals surface area contributed by atoms with E-state index in [2.05, 4.69) is 10.4 Å². The molecule has 1 aromatic heterocycles. The predicted molar refractivity (Wildman–Crippen MR) is 102 cm³/mol. The fourth-order valence-electron chi connectivity index (χ4n) is 3.01. The molecule has 0 bridgehead atoms. The zero-order valence-corrected chi connectivity index (χ0v) is 15.7. The number of carbonyl (C=O) groups excluding carboxylic acids is 1. The molecule has 0 radical (unpaired) electrons. The molecule has 3 rings (SSSR count). The second-order valence-electron chi connectivity index (χ2n) is 6.80. The van der Waals surface area contributed by atoms with Crippen LogP contribution in [-0.2, 0) is 6.18 Å². The van der Waals surface area contributed by atoms with Crippen molar-refractivity contribution in [2.75, 3.05) is 5.32 Å². The van der Waals surface area contributed by atoms with E-state index >= 15 is 0 Å². The van der Waals surface area contributed by atoms with E-state index in [1.54, 1.807) is 6.92 Å². The molecule has 1 amide bonds. The molecule has 0 spiro atoms. The summed E-state index contributed by atoms with van der Waals surface area (Å²) < 4.78 is 40.2. The van der Waals surface area contributed by atoms with Gasteiger partial charge in [0.25, 0.3) is 5.91 Å². The first kappa shape index (κ1) is 19.7. The Morgan fingerprint density at radius 3 is 2.50 bits per heavy atom. The number of hydrogen-bond donors (Lipinski definition) is 1. The summed E-state index contributed by atoms with van der Waals surface area (Å²) in [5, 5.41) is 7.00. The molecule has 1 heterocycles. The van der Waals surface area contributed by atoms with Gasteiger partial charge >= 0.3 is 6.18 Å². The highest BCUT2D eigenvalue weighted by atomic mass is 19.4. The van der Waals surface area contributed by atoms with Crippen molar-refractivity contribution >= 4 is 11.6 Å². The largest absolute Gasteiger partial charge is 0.416 e. The molecule has 146 valence electrons. The molecule has 0 saturated carbocycles. The van der Waals surface area contributed by atoms with Gasteiger partial charge in [-0.1, -0.05) is 38.1 Å². The minimum atomic E-state index is -4.45. The first-order chi connectivity index (χ1) is 13.2. The molecule has 4 nitrogen and oxygen atoms in total. The van der Waals surface area contributed by atoms with Crippen molar-refractivity contribution in [3.8, 4) is 5.69 Å². The molecular formula is C21H20F3N3O. The summed E-state index contributed by atoms with van der Waals surface area (Å²) in [6.07, 6.45) is -3.08. The quantitative estimate of drug-likeness (QED) is 0.636. The monoisotopic (exact) mass is 387 g/mol. The van der Waals surface area contributed by atoms with Crippen LogP contribution in [0, 0.1) is 6.92 Å². The number of carbonyl (C=O) groups is 1. The summed E-state index contributed by atoms with van der Waals surface area (Å²) in [6, 6.07) is 12.3. The van der Waals surface area contributed by atoms with Crippen molar-refractivity contribution in [2.45, 2.75) is 32.9 Å². The third-order valence-electron chi connectivity index (χ3n) is 4.50. The Morgan fingerprint density at radius 1 is 1.11 bits per heavy atom. The first-order valence-electron chi connectivity index (χ1n) is 8.81. The minimum absolute atomic E-state index is 0.227. The lowest BCUT2D eigenvalue weighted by Gasteiger charge is -2.13. The molecule has 7 heteroatoms. The molecule has 3 aromatic rings. The molecule has 0 atom stereocenters. The van der Waals surface area contributed by atoms with Gasteiger partial charge in [-0.2, -0.15) is 18.3 Å². The van der Waals surface area contributed by atoms with Gasteiger partial charge in [0.05, 0.1) is 28.7 Å². The predicted octanol–water partition coefficient (Wildman–Crippen LogP) is 5.58. The highest BCUT2D eigenvalue weighted by molar-refractivity contribution is 6.05. The van der Waals surface area contributed by atoms with Crippen LogP contribution in [-0.4, -0.2) is 15.7 Å². The lowest BCUT2D eigenvalue weighted by molar-refractivity contribution is -0.137. The van der Waals surface area contributed by atoms with Crippen LogP contribution in [0.1, 0.15) is 46.9 Å². The SMILES string of the molecule is Cc1c(C(=O)Nc2ccccc2C(C)C)cnn1-c1cccc(C(F)(F)F)c1. The number of aromatic nitrogens is 2. The van der Waals surface area contributed by atoms with Crippen molar-refractivity contribution in [1.29, 1.82) is 0 Å². The van der Waals surface area contributed by atoms with E-state index < -0.39 is 11.7 Å². The molecule has 0 aliphatic heterocycles. The number of para-hydroxylation sites is 1. The normalized spacial score (nSPS) is 11.7. The molecule has 28 heavy (non-hydrogen) atoms. The van der Waals surface area contributed by atoms with E-state index in [0.29, 0.717) is 16.9 Å². The van der Waals surface area contributed by atoms with Crippen molar-refractivity contribution < 1.29 is 18.0 Å². The highest BCUT2D eigenvalue weighted by Crippen LogP contribution is 2.31. The second kappa shape index (κ2) is 7.50. The van der Waals surface area contributed by atoms with Gasteiger partial charge in [-0.15, -0.1) is 0 Å². The van der Waals surface area contributed by atoms with Gasteiger partial charge < -0.3 is 5.32 Å². The van der Waals surface area contributed by atoms with E-state index in [9.17, 15) is 18.0 Å². The van der Waals surface area contributed by atoms with Crippen LogP contribution < -0.4 is 5.32 Å². The van der Waals surface area contributed by atoms with E-state index in [4.69, 9.17) is 0 Å². The summed E-state index contributed by atoms with van der Waals surface area (Å²) in [5.41, 5.74) is 1.94. The van der Waals surface area contributed by atoms with E-state index in [-0.39, 0.29) is 17.5 Å². The Bertz CT molecular complexity index is 1010. The maximum absolute atomic E-state index is 13.0. The number of amides is 1. The Balaban J connectivity index is 1.91. The van der Waals surface area contributed by atoms with Crippen molar-refractivity contribution in [3.63, 3.8) is 0 Å². The summed E-state index contributed by atoms with van der Waals surface area (Å²) in [4.78, 5) is 12.7. The van der Waals surface area contributed by atoms with E-state index in [1.165, 1.54) is 23.0 Å². The molecule has 0 saturated heterocycles. The maximum atomic E-state index is 13.0. The lowest BCUT2D eigenvalue weighted by atomic mass is 10.0. The zero-order valence-electron chi connectivity index (χ0n) is 15.7.